The Morgan fingerprint density at radius 2 is 0.922 bits per heavy atom. The molecule has 10 rings (SSSR count). The summed E-state index contributed by atoms with van der Waals surface area (Å²) in [7, 11) is 0. The van der Waals surface area contributed by atoms with Crippen molar-refractivity contribution < 1.29 is 4.42 Å². The van der Waals surface area contributed by atoms with E-state index in [2.05, 4.69) is 127 Å². The summed E-state index contributed by atoms with van der Waals surface area (Å²) in [5.74, 6) is 0.659. The van der Waals surface area contributed by atoms with Crippen LogP contribution in [0, 0.1) is 0 Å². The van der Waals surface area contributed by atoms with Crippen molar-refractivity contribution in [3.63, 3.8) is 0 Å². The predicted octanol–water partition coefficient (Wildman–Crippen LogP) is 12.4. The van der Waals surface area contributed by atoms with Crippen molar-refractivity contribution in [2.75, 3.05) is 0 Å². The first-order valence-electron chi connectivity index (χ1n) is 17.1. The number of para-hydroxylation sites is 2. The lowest BCUT2D eigenvalue weighted by Crippen LogP contribution is -1.97. The van der Waals surface area contributed by atoms with Crippen LogP contribution in [0.15, 0.2) is 180 Å². The lowest BCUT2D eigenvalue weighted by atomic mass is 9.89. The minimum absolute atomic E-state index is 0.659. The molecule has 3 heterocycles. The lowest BCUT2D eigenvalue weighted by Gasteiger charge is -2.16. The highest BCUT2D eigenvalue weighted by Crippen LogP contribution is 2.46. The first-order valence-corrected chi connectivity index (χ1v) is 17.1. The van der Waals surface area contributed by atoms with Gasteiger partial charge in [-0.3, -0.25) is 0 Å². The molecular formula is C47H29N3O. The van der Waals surface area contributed by atoms with Crippen molar-refractivity contribution in [1.29, 1.82) is 0 Å². The summed E-state index contributed by atoms with van der Waals surface area (Å²) >= 11 is 0. The second kappa shape index (κ2) is 11.9. The number of benzene rings is 7. The van der Waals surface area contributed by atoms with Gasteiger partial charge in [-0.05, 0) is 35.9 Å². The second-order valence-electron chi connectivity index (χ2n) is 12.8. The zero-order valence-corrected chi connectivity index (χ0v) is 27.5. The van der Waals surface area contributed by atoms with Gasteiger partial charge in [-0.1, -0.05) is 146 Å². The monoisotopic (exact) mass is 651 g/mol. The summed E-state index contributed by atoms with van der Waals surface area (Å²) in [6.07, 6.45) is 0. The Kier molecular flexibility index (Phi) is 6.78. The molecule has 0 aliphatic carbocycles. The molecule has 4 heteroatoms. The average molecular weight is 652 g/mol. The molecule has 0 unspecified atom stereocenters. The Morgan fingerprint density at radius 3 is 1.63 bits per heavy atom. The van der Waals surface area contributed by atoms with Crippen molar-refractivity contribution in [3.8, 4) is 56.3 Å². The van der Waals surface area contributed by atoms with Gasteiger partial charge in [-0.2, -0.15) is 0 Å². The van der Waals surface area contributed by atoms with Gasteiger partial charge in [0.15, 0.2) is 5.82 Å². The smallest absolute Gasteiger partial charge is 0.160 e. The molecule has 51 heavy (non-hydrogen) atoms. The maximum atomic E-state index is 6.58. The molecule has 0 fully saturated rings. The van der Waals surface area contributed by atoms with E-state index in [0.717, 1.165) is 94.1 Å². The fraction of sp³-hybridized carbons (Fsp3) is 0. The molecule has 0 radical (unpaired) electrons. The van der Waals surface area contributed by atoms with Gasteiger partial charge in [0.25, 0.3) is 0 Å². The van der Waals surface area contributed by atoms with Crippen molar-refractivity contribution in [2.24, 2.45) is 0 Å². The van der Waals surface area contributed by atoms with Crippen LogP contribution < -0.4 is 0 Å². The third-order valence-corrected chi connectivity index (χ3v) is 9.65. The van der Waals surface area contributed by atoms with Gasteiger partial charge in [0.05, 0.1) is 22.6 Å². The topological polar surface area (TPSA) is 51.8 Å². The predicted molar refractivity (Wildman–Crippen MR) is 209 cm³/mol. The highest BCUT2D eigenvalue weighted by atomic mass is 16.3. The third-order valence-electron chi connectivity index (χ3n) is 9.65. The van der Waals surface area contributed by atoms with Crippen LogP contribution in [-0.4, -0.2) is 15.0 Å². The molecule has 0 spiro atoms. The Labute approximate surface area is 294 Å². The van der Waals surface area contributed by atoms with Gasteiger partial charge >= 0.3 is 0 Å². The first-order chi connectivity index (χ1) is 25.3. The van der Waals surface area contributed by atoms with Crippen LogP contribution in [-0.2, 0) is 0 Å². The molecule has 0 atom stereocenters. The third kappa shape index (κ3) is 4.96. The summed E-state index contributed by atoms with van der Waals surface area (Å²) in [5.41, 5.74) is 11.5. The fourth-order valence-electron chi connectivity index (χ4n) is 7.33. The molecule has 10 aromatic rings. The van der Waals surface area contributed by atoms with Crippen molar-refractivity contribution in [3.05, 3.63) is 176 Å². The van der Waals surface area contributed by atoms with E-state index < -0.39 is 0 Å². The number of hydrogen-bond acceptors (Lipinski definition) is 4. The maximum Gasteiger partial charge on any atom is 0.160 e. The molecule has 238 valence electrons. The minimum Gasteiger partial charge on any atom is -0.456 e. The van der Waals surface area contributed by atoms with E-state index >= 15 is 0 Å². The number of rotatable bonds is 5. The number of furan rings is 1. The van der Waals surface area contributed by atoms with Crippen molar-refractivity contribution in [1.82, 2.24) is 15.0 Å². The number of hydrogen-bond donors (Lipinski definition) is 0. The van der Waals surface area contributed by atoms with Crippen LogP contribution in [0.3, 0.4) is 0 Å². The molecule has 0 aliphatic heterocycles. The summed E-state index contributed by atoms with van der Waals surface area (Å²) in [6, 6.07) is 60.6. The highest BCUT2D eigenvalue weighted by molar-refractivity contribution is 6.27. The van der Waals surface area contributed by atoms with E-state index in [1.807, 2.05) is 48.5 Å². The molecule has 0 saturated heterocycles. The van der Waals surface area contributed by atoms with Gasteiger partial charge in [0.1, 0.15) is 11.2 Å². The highest BCUT2D eigenvalue weighted by Gasteiger charge is 2.22. The normalized spacial score (nSPS) is 11.5. The molecule has 0 N–H and O–H groups in total. The zero-order valence-electron chi connectivity index (χ0n) is 27.5. The molecule has 7 aromatic carbocycles. The standard InChI is InChI=1S/C47H29N3O/c1-4-15-30(16-5-1)39-29-40(31-17-6-2-7-18-31)50-47(49-39)34-22-14-21-33(27-34)46-37-28-42-45(36-24-11-13-26-41(36)51-42)43(32-19-8-3-9-20-32)44(37)35-23-10-12-25-38(35)48-46/h1-29H. The average Bonchev–Trinajstić information content (AvgIpc) is 3.59. The van der Waals surface area contributed by atoms with E-state index in [0.29, 0.717) is 5.82 Å². The Morgan fingerprint density at radius 1 is 0.353 bits per heavy atom. The van der Waals surface area contributed by atoms with Crippen molar-refractivity contribution >= 4 is 43.6 Å². The Hall–Kier alpha value is -6.91. The summed E-state index contributed by atoms with van der Waals surface area (Å²) in [4.78, 5) is 15.6. The van der Waals surface area contributed by atoms with Crippen LogP contribution in [0.5, 0.6) is 0 Å². The quantitative estimate of drug-likeness (QED) is 0.174. The van der Waals surface area contributed by atoms with E-state index in [-0.39, 0.29) is 0 Å². The van der Waals surface area contributed by atoms with E-state index in [1.165, 1.54) is 0 Å². The van der Waals surface area contributed by atoms with E-state index in [1.54, 1.807) is 0 Å². The summed E-state index contributed by atoms with van der Waals surface area (Å²) in [5, 5.41) is 5.49. The zero-order chi connectivity index (χ0) is 33.7. The van der Waals surface area contributed by atoms with Crippen LogP contribution >= 0.6 is 0 Å². The lowest BCUT2D eigenvalue weighted by molar-refractivity contribution is 0.669. The van der Waals surface area contributed by atoms with Crippen LogP contribution in [0.25, 0.3) is 99.9 Å². The van der Waals surface area contributed by atoms with Gasteiger partial charge in [-0.15, -0.1) is 0 Å². The number of fused-ring (bicyclic) bond motifs is 6. The maximum absolute atomic E-state index is 6.58. The van der Waals surface area contributed by atoms with E-state index in [9.17, 15) is 0 Å². The van der Waals surface area contributed by atoms with Gasteiger partial charge in [0, 0.05) is 54.7 Å². The number of aromatic nitrogens is 3. The molecule has 0 saturated carbocycles. The number of pyridine rings is 1. The number of nitrogens with zero attached hydrogens (tertiary/aromatic N) is 3. The minimum atomic E-state index is 0.659. The molecule has 3 aromatic heterocycles. The fourth-order valence-corrected chi connectivity index (χ4v) is 7.33. The largest absolute Gasteiger partial charge is 0.456 e. The van der Waals surface area contributed by atoms with E-state index in [4.69, 9.17) is 19.4 Å². The Bertz CT molecular complexity index is 2840. The summed E-state index contributed by atoms with van der Waals surface area (Å²) in [6.45, 7) is 0. The molecule has 4 nitrogen and oxygen atoms in total. The van der Waals surface area contributed by atoms with Gasteiger partial charge in [-0.25, -0.2) is 15.0 Å². The van der Waals surface area contributed by atoms with Crippen LogP contribution in [0.1, 0.15) is 0 Å². The van der Waals surface area contributed by atoms with Crippen LogP contribution in [0.2, 0.25) is 0 Å². The molecule has 0 bridgehead atoms. The SMILES string of the molecule is c1ccc(-c2cc(-c3ccccc3)nc(-c3cccc(-c4nc5ccccc5c5c(-c6ccccc6)c6c(cc45)oc4ccccc46)c3)n2)cc1. The molecular weight excluding hydrogens is 623 g/mol. The molecule has 0 aliphatic rings. The molecule has 0 amide bonds. The Balaban J connectivity index is 1.25. The van der Waals surface area contributed by atoms with Gasteiger partial charge < -0.3 is 4.42 Å². The van der Waals surface area contributed by atoms with Gasteiger partial charge in [0.2, 0.25) is 0 Å². The van der Waals surface area contributed by atoms with Crippen molar-refractivity contribution in [2.45, 2.75) is 0 Å². The summed E-state index contributed by atoms with van der Waals surface area (Å²) < 4.78 is 6.58. The second-order valence-corrected chi connectivity index (χ2v) is 12.8. The first kappa shape index (κ1) is 29.0. The van der Waals surface area contributed by atoms with Crippen LogP contribution in [0.4, 0.5) is 0 Å².